The first-order valence-corrected chi connectivity index (χ1v) is 8.25. The summed E-state index contributed by atoms with van der Waals surface area (Å²) in [5.74, 6) is -1.04. The highest BCUT2D eigenvalue weighted by molar-refractivity contribution is 6.06. The number of nitrogens with one attached hydrogen (secondary N) is 1. The average molecular weight is 349 g/mol. The molecule has 0 aliphatic rings. The van der Waals surface area contributed by atoms with Gasteiger partial charge in [-0.1, -0.05) is 11.6 Å². The van der Waals surface area contributed by atoms with Gasteiger partial charge in [0.1, 0.15) is 5.56 Å². The number of aryl methyl sites for hydroxylation is 2. The quantitative estimate of drug-likeness (QED) is 0.758. The van der Waals surface area contributed by atoms with Crippen molar-refractivity contribution >= 4 is 28.4 Å². The summed E-state index contributed by atoms with van der Waals surface area (Å²) in [4.78, 5) is 36.5. The third-order valence-electron chi connectivity index (χ3n) is 4.25. The normalized spacial score (nSPS) is 10.7. The fourth-order valence-corrected chi connectivity index (χ4v) is 2.85. The Labute approximate surface area is 150 Å². The van der Waals surface area contributed by atoms with Gasteiger partial charge in [-0.25, -0.2) is 0 Å². The lowest BCUT2D eigenvalue weighted by molar-refractivity contribution is 0.0998. The number of rotatable bonds is 4. The van der Waals surface area contributed by atoms with Crippen LogP contribution in [0, 0.1) is 6.92 Å². The predicted octanol–water partition coefficient (Wildman–Crippen LogP) is 2.68. The van der Waals surface area contributed by atoms with Crippen molar-refractivity contribution in [1.29, 1.82) is 0 Å². The molecule has 3 N–H and O–H groups in total. The van der Waals surface area contributed by atoms with E-state index in [-0.39, 0.29) is 11.0 Å². The van der Waals surface area contributed by atoms with Gasteiger partial charge in [0.15, 0.2) is 0 Å². The molecule has 3 rings (SSSR count). The number of nitrogens with zero attached hydrogens (tertiary/aromatic N) is 1. The van der Waals surface area contributed by atoms with Crippen molar-refractivity contribution < 1.29 is 9.59 Å². The second-order valence-electron chi connectivity index (χ2n) is 6.07. The van der Waals surface area contributed by atoms with Gasteiger partial charge in [-0.05, 0) is 50.2 Å². The monoisotopic (exact) mass is 349 g/mol. The van der Waals surface area contributed by atoms with Crippen molar-refractivity contribution in [2.24, 2.45) is 5.73 Å². The Balaban J connectivity index is 2.01. The minimum atomic E-state index is -0.543. The summed E-state index contributed by atoms with van der Waals surface area (Å²) in [6.07, 6.45) is 1.58. The Morgan fingerprint density at radius 3 is 2.42 bits per heavy atom. The number of amides is 2. The number of anilines is 1. The molecule has 0 fully saturated rings. The van der Waals surface area contributed by atoms with Crippen LogP contribution < -0.4 is 16.5 Å². The number of carbonyl (C=O) groups is 2. The molecule has 2 amide bonds. The van der Waals surface area contributed by atoms with Crippen LogP contribution in [0.1, 0.15) is 33.2 Å². The number of benzene rings is 2. The minimum Gasteiger partial charge on any atom is -0.366 e. The first-order valence-electron chi connectivity index (χ1n) is 8.25. The van der Waals surface area contributed by atoms with E-state index >= 15 is 0 Å². The smallest absolute Gasteiger partial charge is 0.261 e. The van der Waals surface area contributed by atoms with Gasteiger partial charge < -0.3 is 15.6 Å². The zero-order chi connectivity index (χ0) is 18.8. The molecule has 1 heterocycles. The van der Waals surface area contributed by atoms with Crippen molar-refractivity contribution in [3.05, 3.63) is 75.6 Å². The summed E-state index contributed by atoms with van der Waals surface area (Å²) in [6.45, 7) is 4.49. The van der Waals surface area contributed by atoms with E-state index in [0.717, 1.165) is 11.1 Å². The summed E-state index contributed by atoms with van der Waals surface area (Å²) in [5.41, 5.74) is 7.55. The van der Waals surface area contributed by atoms with E-state index in [9.17, 15) is 14.4 Å². The Bertz CT molecular complexity index is 1070. The molecule has 0 aliphatic carbocycles. The van der Waals surface area contributed by atoms with E-state index in [1.54, 1.807) is 24.4 Å². The van der Waals surface area contributed by atoms with Crippen LogP contribution in [0.4, 0.5) is 5.69 Å². The first-order chi connectivity index (χ1) is 12.4. The van der Waals surface area contributed by atoms with Gasteiger partial charge in [0, 0.05) is 29.4 Å². The Morgan fingerprint density at radius 1 is 1.12 bits per heavy atom. The molecule has 0 radical (unpaired) electrons. The number of fused-ring (bicyclic) bond motifs is 1. The summed E-state index contributed by atoms with van der Waals surface area (Å²) in [7, 11) is 0. The van der Waals surface area contributed by atoms with Gasteiger partial charge in [0.2, 0.25) is 11.3 Å². The van der Waals surface area contributed by atoms with Gasteiger partial charge in [-0.3, -0.25) is 14.4 Å². The van der Waals surface area contributed by atoms with Crippen molar-refractivity contribution in [3.8, 4) is 0 Å². The fraction of sp³-hybridized carbons (Fsp3) is 0.150. The zero-order valence-electron chi connectivity index (χ0n) is 14.6. The second kappa shape index (κ2) is 6.84. The van der Waals surface area contributed by atoms with Gasteiger partial charge in [-0.15, -0.1) is 0 Å². The van der Waals surface area contributed by atoms with Crippen LogP contribution in [-0.2, 0) is 6.54 Å². The number of aromatic nitrogens is 1. The highest BCUT2D eigenvalue weighted by Crippen LogP contribution is 2.16. The van der Waals surface area contributed by atoms with E-state index in [1.807, 2.05) is 30.5 Å². The lowest BCUT2D eigenvalue weighted by Gasteiger charge is -2.12. The fourth-order valence-electron chi connectivity index (χ4n) is 2.85. The maximum Gasteiger partial charge on any atom is 0.261 e. The number of hydrogen-bond acceptors (Lipinski definition) is 3. The van der Waals surface area contributed by atoms with Crippen molar-refractivity contribution in [2.75, 3.05) is 5.32 Å². The molecular formula is C20H19N3O3. The zero-order valence-corrected chi connectivity index (χ0v) is 14.6. The molecular weight excluding hydrogens is 330 g/mol. The highest BCUT2D eigenvalue weighted by Gasteiger charge is 2.15. The predicted molar refractivity (Wildman–Crippen MR) is 102 cm³/mol. The maximum absolute atomic E-state index is 12.8. The Kier molecular flexibility index (Phi) is 4.58. The van der Waals surface area contributed by atoms with Crippen LogP contribution in [0.15, 0.2) is 53.5 Å². The molecule has 0 atom stereocenters. The largest absolute Gasteiger partial charge is 0.366 e. The highest BCUT2D eigenvalue weighted by atomic mass is 16.2. The van der Waals surface area contributed by atoms with Crippen LogP contribution in [-0.4, -0.2) is 16.4 Å². The molecule has 26 heavy (non-hydrogen) atoms. The van der Waals surface area contributed by atoms with Crippen molar-refractivity contribution in [1.82, 2.24) is 4.57 Å². The topological polar surface area (TPSA) is 94.2 Å². The summed E-state index contributed by atoms with van der Waals surface area (Å²) < 4.78 is 1.88. The number of pyridine rings is 1. The van der Waals surface area contributed by atoms with Gasteiger partial charge in [0.25, 0.3) is 5.91 Å². The number of hydrogen-bond donors (Lipinski definition) is 2. The molecule has 0 bridgehead atoms. The van der Waals surface area contributed by atoms with E-state index in [2.05, 4.69) is 5.32 Å². The van der Waals surface area contributed by atoms with E-state index in [0.29, 0.717) is 23.2 Å². The standard InChI is InChI=1S/C20H19N3O3/c1-3-23-11-16(18(24)15-10-12(2)4-9-17(15)23)20(26)22-14-7-5-13(6-8-14)19(21)25/h4-11H,3H2,1-2H3,(H2,21,25)(H,22,26). The van der Waals surface area contributed by atoms with Crippen LogP contribution in [0.2, 0.25) is 0 Å². The maximum atomic E-state index is 12.8. The van der Waals surface area contributed by atoms with Crippen molar-refractivity contribution in [2.45, 2.75) is 20.4 Å². The van der Waals surface area contributed by atoms with E-state index < -0.39 is 11.8 Å². The van der Waals surface area contributed by atoms with Crippen LogP contribution in [0.5, 0.6) is 0 Å². The number of nitrogens with two attached hydrogens (primary N) is 1. The van der Waals surface area contributed by atoms with Gasteiger partial charge >= 0.3 is 0 Å². The number of carbonyl (C=O) groups excluding carboxylic acids is 2. The molecule has 132 valence electrons. The Hall–Kier alpha value is -3.41. The molecule has 6 nitrogen and oxygen atoms in total. The molecule has 0 saturated carbocycles. The second-order valence-corrected chi connectivity index (χ2v) is 6.07. The lowest BCUT2D eigenvalue weighted by atomic mass is 10.1. The first kappa shape index (κ1) is 17.4. The molecule has 2 aromatic carbocycles. The van der Waals surface area contributed by atoms with Gasteiger partial charge in [0.05, 0.1) is 5.52 Å². The molecule has 0 unspecified atom stereocenters. The third-order valence-corrected chi connectivity index (χ3v) is 4.25. The average Bonchev–Trinajstić information content (AvgIpc) is 2.62. The van der Waals surface area contributed by atoms with Crippen LogP contribution in [0.25, 0.3) is 10.9 Å². The molecule has 1 aromatic heterocycles. The van der Waals surface area contributed by atoms with Crippen LogP contribution >= 0.6 is 0 Å². The number of primary amides is 1. The molecule has 0 aliphatic heterocycles. The van der Waals surface area contributed by atoms with Crippen molar-refractivity contribution in [3.63, 3.8) is 0 Å². The summed E-state index contributed by atoms with van der Waals surface area (Å²) in [6, 6.07) is 11.8. The molecule has 6 heteroatoms. The third kappa shape index (κ3) is 3.21. The summed E-state index contributed by atoms with van der Waals surface area (Å²) >= 11 is 0. The Morgan fingerprint density at radius 2 is 1.81 bits per heavy atom. The minimum absolute atomic E-state index is 0.0731. The molecule has 0 spiro atoms. The van der Waals surface area contributed by atoms with E-state index in [4.69, 9.17) is 5.73 Å². The van der Waals surface area contributed by atoms with Gasteiger partial charge in [-0.2, -0.15) is 0 Å². The molecule has 3 aromatic rings. The SMILES string of the molecule is CCn1cc(C(=O)Nc2ccc(C(N)=O)cc2)c(=O)c2cc(C)ccc21. The van der Waals surface area contributed by atoms with Crippen LogP contribution in [0.3, 0.4) is 0 Å². The lowest BCUT2D eigenvalue weighted by Crippen LogP contribution is -2.24. The van der Waals surface area contributed by atoms with E-state index in [1.165, 1.54) is 12.1 Å². The molecule has 0 saturated heterocycles. The summed E-state index contributed by atoms with van der Waals surface area (Å²) in [5, 5.41) is 3.21.